The van der Waals surface area contributed by atoms with Crippen LogP contribution in [0.25, 0.3) is 0 Å². The predicted molar refractivity (Wildman–Crippen MR) is 118 cm³/mol. The maximum atomic E-state index is 11.7. The third kappa shape index (κ3) is 6.66. The summed E-state index contributed by atoms with van der Waals surface area (Å²) in [5, 5.41) is 6.67. The first-order valence-electron chi connectivity index (χ1n) is 11.3. The quantitative estimate of drug-likeness (QED) is 0.478. The molecule has 10 heteroatoms. The SMILES string of the molecule is CCN(CC)c1nc(NCCCN2CCCC2=O)nc(NCCN2CCOCC2)n1. The second-order valence-corrected chi connectivity index (χ2v) is 7.60. The maximum absolute atomic E-state index is 11.7. The Balaban J connectivity index is 1.54. The lowest BCUT2D eigenvalue weighted by Gasteiger charge is -2.26. The zero-order chi connectivity index (χ0) is 21.2. The van der Waals surface area contributed by atoms with E-state index < -0.39 is 0 Å². The molecule has 30 heavy (non-hydrogen) atoms. The van der Waals surface area contributed by atoms with Gasteiger partial charge in [0.25, 0.3) is 0 Å². The van der Waals surface area contributed by atoms with Crippen molar-refractivity contribution < 1.29 is 9.53 Å². The number of hydrogen-bond acceptors (Lipinski definition) is 9. The molecular weight excluding hydrogens is 384 g/mol. The Bertz CT molecular complexity index is 664. The van der Waals surface area contributed by atoms with Crippen LogP contribution in [0.1, 0.15) is 33.1 Å². The van der Waals surface area contributed by atoms with Gasteiger partial charge in [-0.15, -0.1) is 0 Å². The van der Waals surface area contributed by atoms with Gasteiger partial charge in [0.05, 0.1) is 13.2 Å². The van der Waals surface area contributed by atoms with Crippen LogP contribution in [0.2, 0.25) is 0 Å². The summed E-state index contributed by atoms with van der Waals surface area (Å²) in [7, 11) is 0. The van der Waals surface area contributed by atoms with Gasteiger partial charge >= 0.3 is 0 Å². The molecule has 0 aromatic carbocycles. The molecule has 2 fully saturated rings. The van der Waals surface area contributed by atoms with Crippen LogP contribution in [-0.4, -0.2) is 103 Å². The van der Waals surface area contributed by atoms with Crippen molar-refractivity contribution in [1.82, 2.24) is 24.8 Å². The van der Waals surface area contributed by atoms with Crippen molar-refractivity contribution in [3.8, 4) is 0 Å². The van der Waals surface area contributed by atoms with Gasteiger partial charge in [0.2, 0.25) is 23.8 Å². The van der Waals surface area contributed by atoms with E-state index in [1.165, 1.54) is 0 Å². The van der Waals surface area contributed by atoms with Crippen molar-refractivity contribution in [2.24, 2.45) is 0 Å². The Morgan fingerprint density at radius 3 is 2.30 bits per heavy atom. The van der Waals surface area contributed by atoms with Gasteiger partial charge in [-0.05, 0) is 26.7 Å². The monoisotopic (exact) mass is 420 g/mol. The van der Waals surface area contributed by atoms with Crippen LogP contribution in [0.3, 0.4) is 0 Å². The van der Waals surface area contributed by atoms with E-state index in [0.29, 0.717) is 24.3 Å². The summed E-state index contributed by atoms with van der Waals surface area (Å²) in [6.07, 6.45) is 2.54. The summed E-state index contributed by atoms with van der Waals surface area (Å²) in [6, 6.07) is 0. The number of carbonyl (C=O) groups excluding carboxylic acids is 1. The third-order valence-electron chi connectivity index (χ3n) is 5.54. The van der Waals surface area contributed by atoms with E-state index in [4.69, 9.17) is 4.74 Å². The van der Waals surface area contributed by atoms with Crippen LogP contribution in [-0.2, 0) is 9.53 Å². The first-order chi connectivity index (χ1) is 14.7. The number of ether oxygens (including phenoxy) is 1. The predicted octanol–water partition coefficient (Wildman–Crippen LogP) is 0.886. The fourth-order valence-electron chi connectivity index (χ4n) is 3.73. The molecule has 2 aliphatic heterocycles. The molecule has 0 bridgehead atoms. The number of anilines is 3. The van der Waals surface area contributed by atoms with E-state index in [2.05, 4.69) is 49.2 Å². The van der Waals surface area contributed by atoms with Crippen LogP contribution in [0.5, 0.6) is 0 Å². The maximum Gasteiger partial charge on any atom is 0.231 e. The van der Waals surface area contributed by atoms with Crippen LogP contribution in [0.4, 0.5) is 17.8 Å². The van der Waals surface area contributed by atoms with Gasteiger partial charge in [0, 0.05) is 65.3 Å². The summed E-state index contributed by atoms with van der Waals surface area (Å²) >= 11 is 0. The number of rotatable bonds is 12. The molecule has 0 unspecified atom stereocenters. The van der Waals surface area contributed by atoms with Gasteiger partial charge in [0.1, 0.15) is 0 Å². The number of hydrogen-bond donors (Lipinski definition) is 2. The molecule has 3 heterocycles. The Hall–Kier alpha value is -2.20. The molecule has 1 amide bonds. The van der Waals surface area contributed by atoms with E-state index in [1.54, 1.807) is 0 Å². The first kappa shape index (κ1) is 22.5. The molecule has 10 nitrogen and oxygen atoms in total. The van der Waals surface area contributed by atoms with Crippen molar-refractivity contribution in [2.45, 2.75) is 33.1 Å². The number of nitrogens with zero attached hydrogens (tertiary/aromatic N) is 6. The molecule has 3 rings (SSSR count). The smallest absolute Gasteiger partial charge is 0.231 e. The molecule has 2 saturated heterocycles. The van der Waals surface area contributed by atoms with Gasteiger partial charge in [-0.3, -0.25) is 9.69 Å². The number of amides is 1. The van der Waals surface area contributed by atoms with Crippen molar-refractivity contribution in [2.75, 3.05) is 87.7 Å². The molecule has 1 aromatic heterocycles. The summed E-state index contributed by atoms with van der Waals surface area (Å²) in [6.45, 7) is 13.5. The molecule has 0 radical (unpaired) electrons. The van der Waals surface area contributed by atoms with Crippen molar-refractivity contribution >= 4 is 23.8 Å². The average molecular weight is 421 g/mol. The van der Waals surface area contributed by atoms with Crippen molar-refractivity contribution in [1.29, 1.82) is 0 Å². The van der Waals surface area contributed by atoms with E-state index in [0.717, 1.165) is 85.0 Å². The molecular formula is C20H36N8O2. The highest BCUT2D eigenvalue weighted by Gasteiger charge is 2.19. The van der Waals surface area contributed by atoms with E-state index in [-0.39, 0.29) is 5.91 Å². The number of aromatic nitrogens is 3. The number of carbonyl (C=O) groups is 1. The third-order valence-corrected chi connectivity index (χ3v) is 5.54. The minimum Gasteiger partial charge on any atom is -0.379 e. The average Bonchev–Trinajstić information content (AvgIpc) is 3.17. The molecule has 168 valence electrons. The summed E-state index contributed by atoms with van der Waals surface area (Å²) in [4.78, 5) is 31.9. The van der Waals surface area contributed by atoms with Crippen LogP contribution in [0, 0.1) is 0 Å². The van der Waals surface area contributed by atoms with Gasteiger partial charge in [-0.25, -0.2) is 0 Å². The van der Waals surface area contributed by atoms with Gasteiger partial charge < -0.3 is 25.2 Å². The highest BCUT2D eigenvalue weighted by molar-refractivity contribution is 5.78. The topological polar surface area (TPSA) is 98.8 Å². The van der Waals surface area contributed by atoms with Gasteiger partial charge in [0.15, 0.2) is 0 Å². The minimum atomic E-state index is 0.269. The number of morpholine rings is 1. The number of nitrogens with one attached hydrogen (secondary N) is 2. The molecule has 0 aliphatic carbocycles. The Morgan fingerprint density at radius 2 is 1.67 bits per heavy atom. The molecule has 2 N–H and O–H groups in total. The molecule has 1 aromatic rings. The second-order valence-electron chi connectivity index (χ2n) is 7.60. The van der Waals surface area contributed by atoms with Gasteiger partial charge in [-0.2, -0.15) is 15.0 Å². The van der Waals surface area contributed by atoms with E-state index in [1.807, 2.05) is 4.90 Å². The molecule has 2 aliphatic rings. The second kappa shape index (κ2) is 11.8. The fraction of sp³-hybridized carbons (Fsp3) is 0.800. The normalized spacial score (nSPS) is 17.4. The molecule has 0 saturated carbocycles. The van der Waals surface area contributed by atoms with Crippen molar-refractivity contribution in [3.63, 3.8) is 0 Å². The van der Waals surface area contributed by atoms with Crippen molar-refractivity contribution in [3.05, 3.63) is 0 Å². The summed E-state index contributed by atoms with van der Waals surface area (Å²) < 4.78 is 5.40. The fourth-order valence-corrected chi connectivity index (χ4v) is 3.73. The summed E-state index contributed by atoms with van der Waals surface area (Å²) in [5.41, 5.74) is 0. The Labute approximate surface area is 179 Å². The molecule has 0 spiro atoms. The first-order valence-corrected chi connectivity index (χ1v) is 11.3. The lowest BCUT2D eigenvalue weighted by molar-refractivity contribution is -0.127. The van der Waals surface area contributed by atoms with Gasteiger partial charge in [-0.1, -0.05) is 0 Å². The lowest BCUT2D eigenvalue weighted by Crippen LogP contribution is -2.39. The van der Waals surface area contributed by atoms with Crippen LogP contribution in [0.15, 0.2) is 0 Å². The molecule has 0 atom stereocenters. The standard InChI is InChI=1S/C20H36N8O2/c1-3-27(4-2)20-24-18(21-8-6-11-28-10-5-7-17(28)29)23-19(25-20)22-9-12-26-13-15-30-16-14-26/h3-16H2,1-2H3,(H2,21,22,23,24,25). The highest BCUT2D eigenvalue weighted by Crippen LogP contribution is 2.14. The highest BCUT2D eigenvalue weighted by atomic mass is 16.5. The Kier molecular flexibility index (Phi) is 8.88. The zero-order valence-corrected chi connectivity index (χ0v) is 18.4. The van der Waals surface area contributed by atoms with E-state index in [9.17, 15) is 4.79 Å². The number of likely N-dealkylation sites (tertiary alicyclic amines) is 1. The zero-order valence-electron chi connectivity index (χ0n) is 18.4. The lowest BCUT2D eigenvalue weighted by atomic mass is 10.4. The van der Waals surface area contributed by atoms with E-state index >= 15 is 0 Å². The largest absolute Gasteiger partial charge is 0.379 e. The summed E-state index contributed by atoms with van der Waals surface area (Å²) in [5.74, 6) is 2.12. The van der Waals surface area contributed by atoms with Crippen LogP contribution >= 0.6 is 0 Å². The van der Waals surface area contributed by atoms with Crippen LogP contribution < -0.4 is 15.5 Å². The Morgan fingerprint density at radius 1 is 0.967 bits per heavy atom. The minimum absolute atomic E-state index is 0.269.